The molecule has 0 atom stereocenters. The molecule has 7 heteroatoms. The number of nitrogens with one attached hydrogen (secondary N) is 1. The van der Waals surface area contributed by atoms with Gasteiger partial charge in [0.15, 0.2) is 0 Å². The summed E-state index contributed by atoms with van der Waals surface area (Å²) in [5, 5.41) is 3.29. The summed E-state index contributed by atoms with van der Waals surface area (Å²) in [6.45, 7) is 4.39. The number of halogens is 1. The average Bonchev–Trinajstić information content (AvgIpc) is 2.53. The summed E-state index contributed by atoms with van der Waals surface area (Å²) in [5.74, 6) is 0.727. The van der Waals surface area contributed by atoms with E-state index in [1.165, 1.54) is 0 Å². The second-order valence-corrected chi connectivity index (χ2v) is 7.62. The van der Waals surface area contributed by atoms with Gasteiger partial charge in [0.25, 0.3) is 0 Å². The van der Waals surface area contributed by atoms with Gasteiger partial charge in [-0.3, -0.25) is 0 Å². The van der Waals surface area contributed by atoms with Crippen LogP contribution in [0.15, 0.2) is 24.3 Å². The lowest BCUT2D eigenvalue weighted by atomic mass is 10.1. The number of hydrogen-bond donors (Lipinski definition) is 1. The van der Waals surface area contributed by atoms with Crippen molar-refractivity contribution >= 4 is 22.4 Å². The van der Waals surface area contributed by atoms with Crippen LogP contribution in [-0.2, 0) is 15.8 Å². The van der Waals surface area contributed by atoms with Crippen LogP contribution in [0.4, 0.5) is 0 Å². The van der Waals surface area contributed by atoms with Crippen molar-refractivity contribution in [3.8, 4) is 5.75 Å². The van der Waals surface area contributed by atoms with Crippen molar-refractivity contribution in [2.24, 2.45) is 0 Å². The number of sulfonamides is 1. The molecule has 1 aromatic carbocycles. The molecule has 1 fully saturated rings. The lowest BCUT2D eigenvalue weighted by Crippen LogP contribution is -2.46. The van der Waals surface area contributed by atoms with Gasteiger partial charge in [-0.1, -0.05) is 19.1 Å². The highest BCUT2D eigenvalue weighted by atomic mass is 35.5. The smallest absolute Gasteiger partial charge is 0.218 e. The maximum Gasteiger partial charge on any atom is 0.218 e. The molecule has 2 rings (SSSR count). The first-order valence-electron chi connectivity index (χ1n) is 7.90. The molecule has 5 nitrogen and oxygen atoms in total. The standard InChI is InChI=1S/C16H26N2O3S.ClH/c1-3-11-18(15-7-9-17-10-8-15)22(19,20)13-14-5-4-6-16(12-14)21-2;/h4-6,12,15,17H,3,7-11,13H2,1-2H3;1H. The summed E-state index contributed by atoms with van der Waals surface area (Å²) in [6.07, 6.45) is 2.61. The van der Waals surface area contributed by atoms with E-state index < -0.39 is 10.0 Å². The number of hydrogen-bond acceptors (Lipinski definition) is 4. The minimum absolute atomic E-state index is 0. The molecule has 0 amide bonds. The predicted octanol–water partition coefficient (Wildman–Crippen LogP) is 2.41. The lowest BCUT2D eigenvalue weighted by molar-refractivity contribution is 0.262. The highest BCUT2D eigenvalue weighted by Gasteiger charge is 2.30. The Bertz CT molecular complexity index is 574. The van der Waals surface area contributed by atoms with Crippen LogP contribution >= 0.6 is 12.4 Å². The molecule has 132 valence electrons. The third-order valence-corrected chi connectivity index (χ3v) is 5.89. The van der Waals surface area contributed by atoms with Gasteiger partial charge in [0, 0.05) is 12.6 Å². The van der Waals surface area contributed by atoms with Gasteiger partial charge in [0.1, 0.15) is 5.75 Å². The largest absolute Gasteiger partial charge is 0.497 e. The fourth-order valence-corrected chi connectivity index (χ4v) is 4.81. The van der Waals surface area contributed by atoms with Gasteiger partial charge in [0.05, 0.1) is 12.9 Å². The normalized spacial score (nSPS) is 16.1. The fraction of sp³-hybridized carbons (Fsp3) is 0.625. The van der Waals surface area contributed by atoms with Gasteiger partial charge in [-0.25, -0.2) is 8.42 Å². The zero-order valence-corrected chi connectivity index (χ0v) is 15.5. The van der Waals surface area contributed by atoms with Crippen LogP contribution < -0.4 is 10.1 Å². The summed E-state index contributed by atoms with van der Waals surface area (Å²) in [5.41, 5.74) is 0.773. The van der Waals surface area contributed by atoms with Crippen LogP contribution in [0.1, 0.15) is 31.7 Å². The van der Waals surface area contributed by atoms with E-state index in [-0.39, 0.29) is 24.2 Å². The van der Waals surface area contributed by atoms with E-state index in [0.717, 1.165) is 37.9 Å². The third-order valence-electron chi connectivity index (χ3n) is 4.00. The van der Waals surface area contributed by atoms with Crippen molar-refractivity contribution in [2.75, 3.05) is 26.7 Å². The van der Waals surface area contributed by atoms with Crippen molar-refractivity contribution in [1.82, 2.24) is 9.62 Å². The molecular weight excluding hydrogens is 336 g/mol. The van der Waals surface area contributed by atoms with E-state index in [1.54, 1.807) is 17.5 Å². The molecule has 0 radical (unpaired) electrons. The van der Waals surface area contributed by atoms with Gasteiger partial charge in [0.2, 0.25) is 10.0 Å². The molecule has 1 saturated heterocycles. The Hall–Kier alpha value is -0.820. The number of piperidine rings is 1. The number of rotatable bonds is 7. The van der Waals surface area contributed by atoms with E-state index in [4.69, 9.17) is 4.74 Å². The topological polar surface area (TPSA) is 58.6 Å². The van der Waals surface area contributed by atoms with E-state index in [0.29, 0.717) is 12.3 Å². The highest BCUT2D eigenvalue weighted by Crippen LogP contribution is 2.21. The highest BCUT2D eigenvalue weighted by molar-refractivity contribution is 7.88. The van der Waals surface area contributed by atoms with Gasteiger partial charge in [-0.15, -0.1) is 12.4 Å². The van der Waals surface area contributed by atoms with Crippen molar-refractivity contribution < 1.29 is 13.2 Å². The monoisotopic (exact) mass is 362 g/mol. The summed E-state index contributed by atoms with van der Waals surface area (Å²) in [6, 6.07) is 7.42. The molecule has 0 spiro atoms. The molecule has 0 aliphatic carbocycles. The Kier molecular flexibility index (Phi) is 8.33. The predicted molar refractivity (Wildman–Crippen MR) is 95.8 cm³/mol. The molecule has 1 aromatic rings. The first-order chi connectivity index (χ1) is 10.6. The van der Waals surface area contributed by atoms with Crippen molar-refractivity contribution in [1.29, 1.82) is 0 Å². The van der Waals surface area contributed by atoms with Crippen LogP contribution in [0.3, 0.4) is 0 Å². The van der Waals surface area contributed by atoms with Gasteiger partial charge >= 0.3 is 0 Å². The number of benzene rings is 1. The van der Waals surface area contributed by atoms with Gasteiger partial charge < -0.3 is 10.1 Å². The Morgan fingerprint density at radius 2 is 2.00 bits per heavy atom. The van der Waals surface area contributed by atoms with E-state index in [2.05, 4.69) is 5.32 Å². The first-order valence-corrected chi connectivity index (χ1v) is 9.51. The van der Waals surface area contributed by atoms with E-state index >= 15 is 0 Å². The molecule has 0 aromatic heterocycles. The Balaban J connectivity index is 0.00000264. The summed E-state index contributed by atoms with van der Waals surface area (Å²) < 4.78 is 32.6. The van der Waals surface area contributed by atoms with Crippen LogP contribution in [0.25, 0.3) is 0 Å². The van der Waals surface area contributed by atoms with Crippen LogP contribution in [0, 0.1) is 0 Å². The Morgan fingerprint density at radius 3 is 2.61 bits per heavy atom. The van der Waals surface area contributed by atoms with Crippen molar-refractivity contribution in [3.63, 3.8) is 0 Å². The Morgan fingerprint density at radius 1 is 1.30 bits per heavy atom. The minimum atomic E-state index is -3.31. The zero-order chi connectivity index (χ0) is 16.0. The molecule has 0 saturated carbocycles. The molecule has 1 heterocycles. The third kappa shape index (κ3) is 5.64. The number of methoxy groups -OCH3 is 1. The second kappa shape index (κ2) is 9.47. The van der Waals surface area contributed by atoms with Crippen LogP contribution in [-0.4, -0.2) is 45.5 Å². The zero-order valence-electron chi connectivity index (χ0n) is 13.8. The SMILES string of the molecule is CCCN(C1CCNCC1)S(=O)(=O)Cc1cccc(OC)c1.Cl. The molecular formula is C16H27ClN2O3S. The van der Waals surface area contributed by atoms with Gasteiger partial charge in [-0.05, 0) is 50.0 Å². The summed E-state index contributed by atoms with van der Waals surface area (Å²) in [7, 11) is -1.72. The average molecular weight is 363 g/mol. The molecule has 1 N–H and O–H groups in total. The molecule has 1 aliphatic heterocycles. The maximum absolute atomic E-state index is 12.9. The second-order valence-electron chi connectivity index (χ2n) is 5.70. The van der Waals surface area contributed by atoms with E-state index in [1.807, 2.05) is 25.1 Å². The fourth-order valence-electron chi connectivity index (χ4n) is 2.92. The van der Waals surface area contributed by atoms with Crippen LogP contribution in [0.5, 0.6) is 5.75 Å². The molecule has 0 bridgehead atoms. The van der Waals surface area contributed by atoms with E-state index in [9.17, 15) is 8.42 Å². The first kappa shape index (κ1) is 20.2. The molecule has 0 unspecified atom stereocenters. The molecule has 1 aliphatic rings. The lowest BCUT2D eigenvalue weighted by Gasteiger charge is -2.33. The van der Waals surface area contributed by atoms with Crippen molar-refractivity contribution in [3.05, 3.63) is 29.8 Å². The minimum Gasteiger partial charge on any atom is -0.497 e. The number of nitrogens with zero attached hydrogens (tertiary/aromatic N) is 1. The quantitative estimate of drug-likeness (QED) is 0.809. The summed E-state index contributed by atoms with van der Waals surface area (Å²) >= 11 is 0. The van der Waals surface area contributed by atoms with Crippen LogP contribution in [0.2, 0.25) is 0 Å². The number of ether oxygens (including phenoxy) is 1. The maximum atomic E-state index is 12.9. The van der Waals surface area contributed by atoms with Gasteiger partial charge in [-0.2, -0.15) is 4.31 Å². The van der Waals surface area contributed by atoms with Crippen molar-refractivity contribution in [2.45, 2.75) is 38.0 Å². The molecule has 23 heavy (non-hydrogen) atoms. The summed E-state index contributed by atoms with van der Waals surface area (Å²) in [4.78, 5) is 0. The Labute approximate surface area is 145 Å².